The third-order valence-electron chi connectivity index (χ3n) is 2.19. The van der Waals surface area contributed by atoms with Crippen molar-refractivity contribution in [2.75, 3.05) is 0 Å². The summed E-state index contributed by atoms with van der Waals surface area (Å²) in [6.45, 7) is 2.08. The summed E-state index contributed by atoms with van der Waals surface area (Å²) in [7, 11) is 0. The van der Waals surface area contributed by atoms with E-state index in [9.17, 15) is 0 Å². The molecule has 2 aromatic rings. The normalized spacial score (nSPS) is 10.2. The van der Waals surface area contributed by atoms with Crippen molar-refractivity contribution in [3.63, 3.8) is 0 Å². The first kappa shape index (κ1) is 11.9. The zero-order chi connectivity index (χ0) is 11.5. The van der Waals surface area contributed by atoms with Gasteiger partial charge in [-0.1, -0.05) is 12.1 Å². The lowest BCUT2D eigenvalue weighted by Gasteiger charge is -2.08. The van der Waals surface area contributed by atoms with Crippen LogP contribution in [-0.4, -0.2) is 0 Å². The Balaban J connectivity index is 2.28. The van der Waals surface area contributed by atoms with Crippen LogP contribution in [-0.2, 0) is 0 Å². The highest BCUT2D eigenvalue weighted by Gasteiger charge is 2.02. The molecular weight excluding hydrogens is 379 g/mol. The Bertz CT molecular complexity index is 511. The summed E-state index contributed by atoms with van der Waals surface area (Å²) < 4.78 is 8.01. The van der Waals surface area contributed by atoms with Crippen molar-refractivity contribution in [3.05, 3.63) is 56.1 Å². The first-order valence-electron chi connectivity index (χ1n) is 4.85. The van der Waals surface area contributed by atoms with Crippen molar-refractivity contribution >= 4 is 38.5 Å². The molecule has 0 saturated heterocycles. The van der Waals surface area contributed by atoms with E-state index in [0.717, 1.165) is 16.0 Å². The molecule has 0 unspecified atom stereocenters. The molecule has 0 saturated carbocycles. The van der Waals surface area contributed by atoms with Crippen LogP contribution in [0.1, 0.15) is 5.56 Å². The number of benzene rings is 2. The van der Waals surface area contributed by atoms with Gasteiger partial charge in [-0.25, -0.2) is 0 Å². The number of hydrogen-bond acceptors (Lipinski definition) is 1. The predicted molar refractivity (Wildman–Crippen MR) is 78.1 cm³/mol. The molecular formula is C13H10BrIO. The van der Waals surface area contributed by atoms with Gasteiger partial charge in [-0.15, -0.1) is 0 Å². The summed E-state index contributed by atoms with van der Waals surface area (Å²) >= 11 is 5.77. The Morgan fingerprint density at radius 1 is 1.12 bits per heavy atom. The molecule has 0 N–H and O–H groups in total. The number of para-hydroxylation sites is 1. The highest BCUT2D eigenvalue weighted by molar-refractivity contribution is 14.1. The molecule has 0 aliphatic heterocycles. The fourth-order valence-electron chi connectivity index (χ4n) is 1.34. The van der Waals surface area contributed by atoms with E-state index in [1.54, 1.807) is 0 Å². The molecule has 2 aromatic carbocycles. The molecule has 0 aliphatic rings. The van der Waals surface area contributed by atoms with Crippen LogP contribution >= 0.6 is 38.5 Å². The van der Waals surface area contributed by atoms with Crippen molar-refractivity contribution < 1.29 is 4.74 Å². The van der Waals surface area contributed by atoms with E-state index in [-0.39, 0.29) is 0 Å². The van der Waals surface area contributed by atoms with Crippen LogP contribution < -0.4 is 4.74 Å². The Morgan fingerprint density at radius 3 is 2.56 bits per heavy atom. The minimum atomic E-state index is 0.836. The van der Waals surface area contributed by atoms with Crippen molar-refractivity contribution in [2.24, 2.45) is 0 Å². The van der Waals surface area contributed by atoms with E-state index in [4.69, 9.17) is 4.74 Å². The molecule has 3 heteroatoms. The molecule has 2 rings (SSSR count). The van der Waals surface area contributed by atoms with Crippen molar-refractivity contribution in [3.8, 4) is 11.5 Å². The summed E-state index contributed by atoms with van der Waals surface area (Å²) in [5.41, 5.74) is 1.23. The molecule has 0 aliphatic carbocycles. The fourth-order valence-corrected chi connectivity index (χ4v) is 2.04. The van der Waals surface area contributed by atoms with Gasteiger partial charge in [0.15, 0.2) is 0 Å². The van der Waals surface area contributed by atoms with Crippen LogP contribution in [0.4, 0.5) is 0 Å². The maximum atomic E-state index is 5.79. The minimum absolute atomic E-state index is 0.836. The van der Waals surface area contributed by atoms with Gasteiger partial charge in [-0.2, -0.15) is 0 Å². The van der Waals surface area contributed by atoms with Gasteiger partial charge in [0.1, 0.15) is 11.5 Å². The predicted octanol–water partition coefficient (Wildman–Crippen LogP) is 5.15. The van der Waals surface area contributed by atoms with Gasteiger partial charge >= 0.3 is 0 Å². The molecule has 0 spiro atoms. The lowest BCUT2D eigenvalue weighted by molar-refractivity contribution is 0.479. The van der Waals surface area contributed by atoms with Gasteiger partial charge in [0.05, 0.1) is 4.47 Å². The van der Waals surface area contributed by atoms with Crippen LogP contribution in [0.15, 0.2) is 46.9 Å². The van der Waals surface area contributed by atoms with Gasteiger partial charge in [0.25, 0.3) is 0 Å². The van der Waals surface area contributed by atoms with Gasteiger partial charge in [0, 0.05) is 3.57 Å². The summed E-state index contributed by atoms with van der Waals surface area (Å²) in [6.07, 6.45) is 0. The number of aryl methyl sites for hydroxylation is 1. The number of halogens is 2. The average molecular weight is 389 g/mol. The minimum Gasteiger partial charge on any atom is -0.456 e. The van der Waals surface area contributed by atoms with Gasteiger partial charge in [0.2, 0.25) is 0 Å². The Hall–Kier alpha value is -0.550. The van der Waals surface area contributed by atoms with Crippen molar-refractivity contribution in [2.45, 2.75) is 6.92 Å². The standard InChI is InChI=1S/C13H10BrIO/c1-9-8-10(6-7-12(9)15)16-13-5-3-2-4-11(13)14/h2-8H,1H3. The van der Waals surface area contributed by atoms with Gasteiger partial charge in [-0.3, -0.25) is 0 Å². The van der Waals surface area contributed by atoms with Crippen LogP contribution in [0.3, 0.4) is 0 Å². The first-order valence-corrected chi connectivity index (χ1v) is 6.72. The lowest BCUT2D eigenvalue weighted by Crippen LogP contribution is -1.87. The number of rotatable bonds is 2. The second kappa shape index (κ2) is 5.19. The van der Waals surface area contributed by atoms with E-state index in [1.807, 2.05) is 36.4 Å². The first-order chi connectivity index (χ1) is 7.66. The van der Waals surface area contributed by atoms with Crippen LogP contribution in [0, 0.1) is 10.5 Å². The molecule has 1 nitrogen and oxygen atoms in total. The topological polar surface area (TPSA) is 9.23 Å². The zero-order valence-electron chi connectivity index (χ0n) is 8.71. The van der Waals surface area contributed by atoms with E-state index >= 15 is 0 Å². The highest BCUT2D eigenvalue weighted by atomic mass is 127. The number of ether oxygens (including phenoxy) is 1. The maximum absolute atomic E-state index is 5.79. The molecule has 16 heavy (non-hydrogen) atoms. The SMILES string of the molecule is Cc1cc(Oc2ccccc2Br)ccc1I. The molecule has 0 fully saturated rings. The molecule has 0 heterocycles. The Morgan fingerprint density at radius 2 is 1.88 bits per heavy atom. The Kier molecular flexibility index (Phi) is 3.86. The molecule has 0 aromatic heterocycles. The molecule has 0 bridgehead atoms. The van der Waals surface area contributed by atoms with E-state index < -0.39 is 0 Å². The summed E-state index contributed by atoms with van der Waals surface area (Å²) in [4.78, 5) is 0. The van der Waals surface area contributed by atoms with E-state index in [2.05, 4.69) is 51.5 Å². The summed E-state index contributed by atoms with van der Waals surface area (Å²) in [5.74, 6) is 1.70. The van der Waals surface area contributed by atoms with E-state index in [0.29, 0.717) is 0 Å². The quantitative estimate of drug-likeness (QED) is 0.646. The molecule has 82 valence electrons. The molecule has 0 radical (unpaired) electrons. The van der Waals surface area contributed by atoms with E-state index in [1.165, 1.54) is 9.13 Å². The molecule has 0 atom stereocenters. The second-order valence-electron chi connectivity index (χ2n) is 3.44. The third kappa shape index (κ3) is 2.77. The second-order valence-corrected chi connectivity index (χ2v) is 5.46. The number of hydrogen-bond donors (Lipinski definition) is 0. The highest BCUT2D eigenvalue weighted by Crippen LogP contribution is 2.30. The largest absolute Gasteiger partial charge is 0.456 e. The van der Waals surface area contributed by atoms with Gasteiger partial charge < -0.3 is 4.74 Å². The van der Waals surface area contributed by atoms with Crippen LogP contribution in [0.2, 0.25) is 0 Å². The van der Waals surface area contributed by atoms with Gasteiger partial charge in [-0.05, 0) is 81.3 Å². The summed E-state index contributed by atoms with van der Waals surface area (Å²) in [6, 6.07) is 13.9. The summed E-state index contributed by atoms with van der Waals surface area (Å²) in [5, 5.41) is 0. The van der Waals surface area contributed by atoms with Crippen molar-refractivity contribution in [1.29, 1.82) is 0 Å². The maximum Gasteiger partial charge on any atom is 0.141 e. The fraction of sp³-hybridized carbons (Fsp3) is 0.0769. The average Bonchev–Trinajstić information content (AvgIpc) is 2.27. The lowest BCUT2D eigenvalue weighted by atomic mass is 10.2. The smallest absolute Gasteiger partial charge is 0.141 e. The molecule has 0 amide bonds. The zero-order valence-corrected chi connectivity index (χ0v) is 12.4. The monoisotopic (exact) mass is 388 g/mol. The van der Waals surface area contributed by atoms with Crippen molar-refractivity contribution in [1.82, 2.24) is 0 Å². The third-order valence-corrected chi connectivity index (χ3v) is 4.06. The van der Waals surface area contributed by atoms with Crippen LogP contribution in [0.5, 0.6) is 11.5 Å². The van der Waals surface area contributed by atoms with Crippen LogP contribution in [0.25, 0.3) is 0 Å². The Labute approximate surface area is 117 Å².